The second-order valence-electron chi connectivity index (χ2n) is 7.02. The van der Waals surface area contributed by atoms with Crippen LogP contribution in [0.3, 0.4) is 0 Å². The number of hydrogen-bond acceptors (Lipinski definition) is 4. The number of nitrogens with zero attached hydrogens (tertiary/aromatic N) is 2. The summed E-state index contributed by atoms with van der Waals surface area (Å²) in [4.78, 5) is 36.9. The van der Waals surface area contributed by atoms with Crippen LogP contribution in [0.15, 0.2) is 84.4 Å². The topological polar surface area (TPSA) is 92.6 Å². The van der Waals surface area contributed by atoms with E-state index in [1.807, 2.05) is 0 Å². The summed E-state index contributed by atoms with van der Waals surface area (Å²) in [5.41, 5.74) is 4.01. The van der Waals surface area contributed by atoms with Crippen LogP contribution in [0.4, 0.5) is 5.69 Å². The first-order valence-corrected chi connectivity index (χ1v) is 10.4. The number of hydrazine groups is 1. The van der Waals surface area contributed by atoms with E-state index in [-0.39, 0.29) is 21.8 Å². The van der Waals surface area contributed by atoms with E-state index in [1.54, 1.807) is 60.7 Å². The highest BCUT2D eigenvalue weighted by molar-refractivity contribution is 6.42. The fourth-order valence-electron chi connectivity index (χ4n) is 3.29. The maximum absolute atomic E-state index is 13.2. The Morgan fingerprint density at radius 1 is 0.970 bits per heavy atom. The number of carbonyl (C=O) groups is 2. The average Bonchev–Trinajstić information content (AvgIpc) is 2.82. The van der Waals surface area contributed by atoms with E-state index in [2.05, 4.69) is 5.43 Å². The zero-order chi connectivity index (χ0) is 23.5. The molecule has 0 aromatic heterocycles. The Morgan fingerprint density at radius 2 is 1.67 bits per heavy atom. The number of benzene rings is 3. The van der Waals surface area contributed by atoms with Crippen molar-refractivity contribution in [3.8, 4) is 0 Å². The summed E-state index contributed by atoms with van der Waals surface area (Å²) in [7, 11) is 0. The number of rotatable bonds is 4. The predicted octanol–water partition coefficient (Wildman–Crippen LogP) is 5.51. The zero-order valence-corrected chi connectivity index (χ0v) is 18.4. The fraction of sp³-hybridized carbons (Fsp3) is 0. The molecule has 0 bridgehead atoms. The highest BCUT2D eigenvalue weighted by atomic mass is 35.5. The summed E-state index contributed by atoms with van der Waals surface area (Å²) in [5.74, 6) is -1.06. The summed E-state index contributed by atoms with van der Waals surface area (Å²) in [6.07, 6.45) is 2.88. The molecule has 0 aliphatic carbocycles. The molecule has 1 aliphatic heterocycles. The molecule has 0 spiro atoms. The number of para-hydroxylation sites is 1. The van der Waals surface area contributed by atoms with Gasteiger partial charge in [0, 0.05) is 22.8 Å². The highest BCUT2D eigenvalue weighted by Crippen LogP contribution is 2.31. The number of nitro benzene ring substituents is 1. The molecule has 2 amide bonds. The van der Waals surface area contributed by atoms with Gasteiger partial charge in [-0.1, -0.05) is 59.6 Å². The lowest BCUT2D eigenvalue weighted by Crippen LogP contribution is -2.47. The smallest absolute Gasteiger partial charge is 0.267 e. The van der Waals surface area contributed by atoms with Gasteiger partial charge in [-0.15, -0.1) is 0 Å². The second kappa shape index (κ2) is 9.28. The van der Waals surface area contributed by atoms with E-state index < -0.39 is 16.7 Å². The molecule has 3 aromatic rings. The average molecular weight is 480 g/mol. The molecule has 0 atom stereocenters. The molecule has 1 heterocycles. The van der Waals surface area contributed by atoms with Crippen molar-refractivity contribution in [2.45, 2.75) is 0 Å². The summed E-state index contributed by atoms with van der Waals surface area (Å²) in [5, 5.41) is 13.1. The Bertz CT molecular complexity index is 1340. The van der Waals surface area contributed by atoms with Crippen molar-refractivity contribution >= 4 is 52.5 Å². The molecular weight excluding hydrogens is 465 g/mol. The number of amides is 2. The number of halogens is 2. The number of nitrogens with one attached hydrogen (secondary N) is 1. The SMILES string of the molecule is O=C1NN(C(=O)c2ccccc2)C(c2ccc(Cl)c(Cl)c2)=C/C1=C\c1ccccc1[N+](=O)[O-]. The lowest BCUT2D eigenvalue weighted by Gasteiger charge is -2.30. The molecule has 9 heteroatoms. The second-order valence-corrected chi connectivity index (χ2v) is 7.84. The van der Waals surface area contributed by atoms with E-state index in [0.29, 0.717) is 21.8 Å². The molecule has 0 unspecified atom stereocenters. The molecule has 0 saturated carbocycles. The maximum atomic E-state index is 13.2. The van der Waals surface area contributed by atoms with Gasteiger partial charge in [-0.05, 0) is 42.5 Å². The third kappa shape index (κ3) is 4.64. The predicted molar refractivity (Wildman–Crippen MR) is 126 cm³/mol. The summed E-state index contributed by atoms with van der Waals surface area (Å²) in [6.45, 7) is 0. The van der Waals surface area contributed by atoms with Crippen molar-refractivity contribution in [1.82, 2.24) is 10.4 Å². The zero-order valence-electron chi connectivity index (χ0n) is 16.9. The third-order valence-electron chi connectivity index (χ3n) is 4.89. The largest absolute Gasteiger partial charge is 0.277 e. The first-order chi connectivity index (χ1) is 15.8. The van der Waals surface area contributed by atoms with Gasteiger partial charge in [-0.25, -0.2) is 5.01 Å². The molecule has 3 aromatic carbocycles. The summed E-state index contributed by atoms with van der Waals surface area (Å²) in [6, 6.07) is 19.3. The monoisotopic (exact) mass is 479 g/mol. The van der Waals surface area contributed by atoms with Crippen LogP contribution >= 0.6 is 23.2 Å². The molecule has 33 heavy (non-hydrogen) atoms. The van der Waals surface area contributed by atoms with Crippen LogP contribution in [0.2, 0.25) is 10.0 Å². The van der Waals surface area contributed by atoms with Gasteiger partial charge in [0.25, 0.3) is 17.5 Å². The number of carbonyl (C=O) groups excluding carboxylic acids is 2. The van der Waals surface area contributed by atoms with Crippen LogP contribution in [0.25, 0.3) is 11.8 Å². The lowest BCUT2D eigenvalue weighted by molar-refractivity contribution is -0.385. The molecule has 0 fully saturated rings. The Hall–Kier alpha value is -3.94. The molecule has 7 nitrogen and oxygen atoms in total. The standard InChI is InChI=1S/C24H15Cl2N3O4/c25-19-11-10-17(13-20(19)26)22-14-18(12-16-8-4-5-9-21(16)29(32)33)23(30)27-28(22)24(31)15-6-2-1-3-7-15/h1-14H,(H,27,30)/b18-12+. The fourth-order valence-corrected chi connectivity index (χ4v) is 3.59. The van der Waals surface area contributed by atoms with Gasteiger partial charge < -0.3 is 0 Å². The van der Waals surface area contributed by atoms with Crippen LogP contribution in [-0.4, -0.2) is 21.7 Å². The molecule has 0 saturated heterocycles. The highest BCUT2D eigenvalue weighted by Gasteiger charge is 2.29. The summed E-state index contributed by atoms with van der Waals surface area (Å²) >= 11 is 12.2. The van der Waals surface area contributed by atoms with Gasteiger partial charge in [0.05, 0.1) is 26.2 Å². The minimum absolute atomic E-state index is 0.127. The normalized spacial score (nSPS) is 14.6. The maximum Gasteiger partial charge on any atom is 0.277 e. The Balaban J connectivity index is 1.86. The first kappa shape index (κ1) is 22.3. The molecule has 4 rings (SSSR count). The van der Waals surface area contributed by atoms with Crippen LogP contribution in [0.1, 0.15) is 21.5 Å². The van der Waals surface area contributed by atoms with Gasteiger partial charge in [0.15, 0.2) is 0 Å². The quantitative estimate of drug-likeness (QED) is 0.303. The van der Waals surface area contributed by atoms with Gasteiger partial charge in [0.2, 0.25) is 0 Å². The minimum Gasteiger partial charge on any atom is -0.267 e. The number of hydrogen-bond donors (Lipinski definition) is 1. The van der Waals surface area contributed by atoms with Crippen LogP contribution in [-0.2, 0) is 4.79 Å². The van der Waals surface area contributed by atoms with Crippen molar-refractivity contribution in [2.75, 3.05) is 0 Å². The molecule has 164 valence electrons. The van der Waals surface area contributed by atoms with Crippen molar-refractivity contribution in [1.29, 1.82) is 0 Å². The third-order valence-corrected chi connectivity index (χ3v) is 5.63. The Morgan fingerprint density at radius 3 is 2.36 bits per heavy atom. The minimum atomic E-state index is -0.596. The van der Waals surface area contributed by atoms with Gasteiger partial charge >= 0.3 is 0 Å². The van der Waals surface area contributed by atoms with Crippen LogP contribution < -0.4 is 5.43 Å². The van der Waals surface area contributed by atoms with E-state index in [4.69, 9.17) is 23.2 Å². The Labute approximate surface area is 198 Å². The van der Waals surface area contributed by atoms with Crippen molar-refractivity contribution < 1.29 is 14.5 Å². The van der Waals surface area contributed by atoms with Gasteiger partial charge in [0.1, 0.15) is 0 Å². The van der Waals surface area contributed by atoms with Crippen molar-refractivity contribution in [2.24, 2.45) is 0 Å². The van der Waals surface area contributed by atoms with Crippen molar-refractivity contribution in [3.05, 3.63) is 121 Å². The molecule has 1 N–H and O–H groups in total. The van der Waals surface area contributed by atoms with Crippen molar-refractivity contribution in [3.63, 3.8) is 0 Å². The molecular formula is C24H15Cl2N3O4. The first-order valence-electron chi connectivity index (χ1n) is 9.68. The van der Waals surface area contributed by atoms with Gasteiger partial charge in [-0.3, -0.25) is 25.1 Å². The molecule has 0 radical (unpaired) electrons. The number of nitro groups is 1. The summed E-state index contributed by atoms with van der Waals surface area (Å²) < 4.78 is 0. The van der Waals surface area contributed by atoms with E-state index >= 15 is 0 Å². The van der Waals surface area contributed by atoms with Gasteiger partial charge in [-0.2, -0.15) is 0 Å². The van der Waals surface area contributed by atoms with E-state index in [9.17, 15) is 19.7 Å². The molecule has 1 aliphatic rings. The van der Waals surface area contributed by atoms with Crippen LogP contribution in [0.5, 0.6) is 0 Å². The van der Waals surface area contributed by atoms with Crippen LogP contribution in [0, 0.1) is 10.1 Å². The lowest BCUT2D eigenvalue weighted by atomic mass is 10.0. The Kier molecular flexibility index (Phi) is 6.26. The van der Waals surface area contributed by atoms with E-state index in [1.165, 1.54) is 24.3 Å². The van der Waals surface area contributed by atoms with E-state index in [0.717, 1.165) is 5.01 Å².